The highest BCUT2D eigenvalue weighted by Gasteiger charge is 2.23. The molecule has 5 heteroatoms. The molecule has 0 aliphatic rings. The fourth-order valence-electron chi connectivity index (χ4n) is 1.75. The van der Waals surface area contributed by atoms with E-state index in [4.69, 9.17) is 5.26 Å². The summed E-state index contributed by atoms with van der Waals surface area (Å²) in [6.07, 6.45) is 0. The van der Waals surface area contributed by atoms with Crippen LogP contribution in [0.25, 0.3) is 0 Å². The first kappa shape index (κ1) is 15.3. The number of likely N-dealkylation sites (N-methyl/N-ethyl adjacent to an activating group) is 1. The highest BCUT2D eigenvalue weighted by atomic mass is 19.1. The zero-order chi connectivity index (χ0) is 14.6. The van der Waals surface area contributed by atoms with Crippen LogP contribution in [-0.4, -0.2) is 30.3 Å². The lowest BCUT2D eigenvalue weighted by Crippen LogP contribution is -2.38. The van der Waals surface area contributed by atoms with Gasteiger partial charge in [-0.15, -0.1) is 0 Å². The molecule has 0 aliphatic heterocycles. The predicted molar refractivity (Wildman–Crippen MR) is 67.6 cm³/mol. The highest BCUT2D eigenvalue weighted by molar-refractivity contribution is 6.00. The molecule has 2 atom stereocenters. The van der Waals surface area contributed by atoms with Crippen LogP contribution in [0.1, 0.15) is 24.2 Å². The normalized spacial score (nSPS) is 13.9. The van der Waals surface area contributed by atoms with Crippen LogP contribution in [0, 0.1) is 28.9 Å². The number of benzene rings is 1. The van der Waals surface area contributed by atoms with Gasteiger partial charge in [0.05, 0.1) is 23.6 Å². The van der Waals surface area contributed by atoms with Crippen LogP contribution in [0.2, 0.25) is 0 Å². The maximum absolute atomic E-state index is 13.5. The van der Waals surface area contributed by atoms with Crippen molar-refractivity contribution in [2.75, 3.05) is 13.6 Å². The summed E-state index contributed by atoms with van der Waals surface area (Å²) in [5.74, 6) is -2.23. The van der Waals surface area contributed by atoms with Gasteiger partial charge in [0.25, 0.3) is 0 Å². The highest BCUT2D eigenvalue weighted by Crippen LogP contribution is 2.14. The van der Waals surface area contributed by atoms with Crippen LogP contribution >= 0.6 is 0 Å². The first-order valence-electron chi connectivity index (χ1n) is 5.96. The van der Waals surface area contributed by atoms with Crippen LogP contribution in [0.15, 0.2) is 18.2 Å². The number of rotatable bonds is 5. The molecule has 0 aromatic heterocycles. The molecule has 3 nitrogen and oxygen atoms in total. The van der Waals surface area contributed by atoms with Gasteiger partial charge in [-0.05, 0) is 33.0 Å². The monoisotopic (exact) mass is 266 g/mol. The Morgan fingerprint density at radius 2 is 2.05 bits per heavy atom. The SMILES string of the molecule is CC(C#N)CN(C)C(C)C(=O)c1ccc(F)cc1F. The van der Waals surface area contributed by atoms with Crippen LogP contribution in [0.3, 0.4) is 0 Å². The number of carbonyl (C=O) groups is 1. The predicted octanol–water partition coefficient (Wildman–Crippen LogP) is 2.63. The zero-order valence-electron chi connectivity index (χ0n) is 11.2. The van der Waals surface area contributed by atoms with E-state index in [0.29, 0.717) is 12.6 Å². The molecule has 0 saturated heterocycles. The van der Waals surface area contributed by atoms with Crippen molar-refractivity contribution in [2.45, 2.75) is 19.9 Å². The Balaban J connectivity index is 2.85. The Morgan fingerprint density at radius 1 is 1.42 bits per heavy atom. The minimum atomic E-state index is -0.862. The quantitative estimate of drug-likeness (QED) is 0.769. The van der Waals surface area contributed by atoms with Crippen molar-refractivity contribution in [3.05, 3.63) is 35.4 Å². The number of carbonyl (C=O) groups excluding carboxylic acids is 1. The number of nitriles is 1. The fraction of sp³-hybridized carbons (Fsp3) is 0.429. The summed E-state index contributed by atoms with van der Waals surface area (Å²) in [5.41, 5.74) is -0.134. The maximum Gasteiger partial charge on any atom is 0.182 e. The largest absolute Gasteiger partial charge is 0.295 e. The number of nitrogens with zero attached hydrogens (tertiary/aromatic N) is 2. The standard InChI is InChI=1S/C14H16F2N2O/c1-9(7-17)8-18(3)10(2)14(19)12-5-4-11(15)6-13(12)16/h4-6,9-10H,8H2,1-3H3. The van der Waals surface area contributed by atoms with Crippen LogP contribution < -0.4 is 0 Å². The minimum absolute atomic E-state index is 0.134. The van der Waals surface area contributed by atoms with E-state index in [-0.39, 0.29) is 11.5 Å². The Hall–Kier alpha value is -1.80. The van der Waals surface area contributed by atoms with Gasteiger partial charge in [0.1, 0.15) is 11.6 Å². The van der Waals surface area contributed by atoms with Gasteiger partial charge >= 0.3 is 0 Å². The smallest absolute Gasteiger partial charge is 0.182 e. The summed E-state index contributed by atoms with van der Waals surface area (Å²) in [5, 5.41) is 8.73. The first-order chi connectivity index (χ1) is 8.86. The van der Waals surface area contributed by atoms with Crippen LogP contribution in [0.5, 0.6) is 0 Å². The van der Waals surface area contributed by atoms with Gasteiger partial charge in [0.15, 0.2) is 5.78 Å². The number of hydrogen-bond acceptors (Lipinski definition) is 3. The molecule has 0 amide bonds. The van der Waals surface area contributed by atoms with E-state index in [1.807, 2.05) is 0 Å². The van der Waals surface area contributed by atoms with Crippen molar-refractivity contribution in [1.82, 2.24) is 4.90 Å². The van der Waals surface area contributed by atoms with Gasteiger partial charge in [-0.2, -0.15) is 5.26 Å². The Labute approximate surface area is 111 Å². The van der Waals surface area contributed by atoms with Crippen molar-refractivity contribution >= 4 is 5.78 Å². The van der Waals surface area contributed by atoms with Gasteiger partial charge < -0.3 is 0 Å². The molecule has 0 radical (unpaired) electrons. The van der Waals surface area contributed by atoms with Gasteiger partial charge in [0.2, 0.25) is 0 Å². The second-order valence-electron chi connectivity index (χ2n) is 4.63. The van der Waals surface area contributed by atoms with E-state index in [1.165, 1.54) is 0 Å². The van der Waals surface area contributed by atoms with E-state index >= 15 is 0 Å². The summed E-state index contributed by atoms with van der Waals surface area (Å²) < 4.78 is 26.3. The van der Waals surface area contributed by atoms with E-state index in [1.54, 1.807) is 25.8 Å². The molecule has 0 spiro atoms. The van der Waals surface area contributed by atoms with Crippen molar-refractivity contribution < 1.29 is 13.6 Å². The van der Waals surface area contributed by atoms with E-state index < -0.39 is 23.5 Å². The topological polar surface area (TPSA) is 44.1 Å². The Kier molecular flexibility index (Phi) is 5.13. The van der Waals surface area contributed by atoms with E-state index in [2.05, 4.69) is 6.07 Å². The molecule has 1 aromatic carbocycles. The molecule has 102 valence electrons. The van der Waals surface area contributed by atoms with Crippen molar-refractivity contribution in [3.8, 4) is 6.07 Å². The lowest BCUT2D eigenvalue weighted by atomic mass is 10.0. The van der Waals surface area contributed by atoms with Crippen LogP contribution in [-0.2, 0) is 0 Å². The van der Waals surface area contributed by atoms with Crippen LogP contribution in [0.4, 0.5) is 8.78 Å². The van der Waals surface area contributed by atoms with Crippen molar-refractivity contribution in [1.29, 1.82) is 5.26 Å². The lowest BCUT2D eigenvalue weighted by molar-refractivity contribution is 0.0857. The minimum Gasteiger partial charge on any atom is -0.295 e. The summed E-state index contributed by atoms with van der Waals surface area (Å²) in [6.45, 7) is 3.79. The average molecular weight is 266 g/mol. The van der Waals surface area contributed by atoms with Crippen molar-refractivity contribution in [2.24, 2.45) is 5.92 Å². The first-order valence-corrected chi connectivity index (χ1v) is 5.96. The molecule has 19 heavy (non-hydrogen) atoms. The van der Waals surface area contributed by atoms with Gasteiger partial charge in [-0.1, -0.05) is 0 Å². The van der Waals surface area contributed by atoms with Gasteiger partial charge in [-0.25, -0.2) is 8.78 Å². The van der Waals surface area contributed by atoms with E-state index in [0.717, 1.165) is 12.1 Å². The number of ketones is 1. The molecule has 0 saturated carbocycles. The average Bonchev–Trinajstić information content (AvgIpc) is 2.36. The molecule has 0 N–H and O–H groups in total. The second kappa shape index (κ2) is 6.39. The third-order valence-corrected chi connectivity index (χ3v) is 3.02. The Morgan fingerprint density at radius 3 is 2.58 bits per heavy atom. The Bertz CT molecular complexity index is 511. The van der Waals surface area contributed by atoms with Gasteiger partial charge in [0, 0.05) is 12.6 Å². The summed E-state index contributed by atoms with van der Waals surface area (Å²) in [4.78, 5) is 13.8. The zero-order valence-corrected chi connectivity index (χ0v) is 11.2. The molecular formula is C14H16F2N2O. The van der Waals surface area contributed by atoms with E-state index in [9.17, 15) is 13.6 Å². The van der Waals surface area contributed by atoms with Crippen molar-refractivity contribution in [3.63, 3.8) is 0 Å². The molecule has 0 fully saturated rings. The third kappa shape index (κ3) is 3.83. The maximum atomic E-state index is 13.5. The molecule has 0 heterocycles. The third-order valence-electron chi connectivity index (χ3n) is 3.02. The lowest BCUT2D eigenvalue weighted by Gasteiger charge is -2.24. The summed E-state index contributed by atoms with van der Waals surface area (Å²) in [6, 6.07) is 4.39. The fourth-order valence-corrected chi connectivity index (χ4v) is 1.75. The second-order valence-corrected chi connectivity index (χ2v) is 4.63. The number of halogens is 2. The molecule has 0 bridgehead atoms. The molecule has 1 aromatic rings. The summed E-state index contributed by atoms with van der Waals surface area (Å²) >= 11 is 0. The molecule has 2 unspecified atom stereocenters. The number of hydrogen-bond donors (Lipinski definition) is 0. The summed E-state index contributed by atoms with van der Waals surface area (Å²) in [7, 11) is 1.69. The molecular weight excluding hydrogens is 250 g/mol. The molecule has 1 rings (SSSR count). The van der Waals surface area contributed by atoms with Gasteiger partial charge in [-0.3, -0.25) is 9.69 Å². The number of Topliss-reactive ketones (excluding diaryl/α,β-unsaturated/α-hetero) is 1. The molecule has 0 aliphatic carbocycles.